The minimum Gasteiger partial charge on any atom is -0.369 e. The van der Waals surface area contributed by atoms with Crippen LogP contribution in [-0.4, -0.2) is 29.6 Å². The first-order chi connectivity index (χ1) is 13.9. The molecule has 2 N–H and O–H groups in total. The number of likely N-dealkylation sites (N-methyl/N-ethyl adjacent to an activating group) is 1. The average Bonchev–Trinajstić information content (AvgIpc) is 2.99. The molecule has 0 fully saturated rings. The standard InChI is InChI=1S/C24H21N3O2/c1-16(28)17-8-6-9-18(14-17)19-10-7-13-21(15-19)24(20-11-4-3-5-12-20)22(29)27(2)23(25)26-24/h3-15H,1-2H3,(H2,25,26). The van der Waals surface area contributed by atoms with Crippen molar-refractivity contribution in [1.29, 1.82) is 0 Å². The summed E-state index contributed by atoms with van der Waals surface area (Å²) in [7, 11) is 1.63. The van der Waals surface area contributed by atoms with E-state index in [1.807, 2.05) is 72.8 Å². The highest BCUT2D eigenvalue weighted by Crippen LogP contribution is 2.40. The predicted molar refractivity (Wildman–Crippen MR) is 113 cm³/mol. The molecule has 4 rings (SSSR count). The Kier molecular flexibility index (Phi) is 4.51. The number of Topliss-reactive ketones (excluding diaryl/α,β-unsaturated/α-hetero) is 1. The number of hydrogen-bond acceptors (Lipinski definition) is 4. The van der Waals surface area contributed by atoms with Gasteiger partial charge in [-0.15, -0.1) is 0 Å². The van der Waals surface area contributed by atoms with Crippen molar-refractivity contribution in [3.8, 4) is 11.1 Å². The first kappa shape index (κ1) is 18.6. The quantitative estimate of drug-likeness (QED) is 0.700. The smallest absolute Gasteiger partial charge is 0.266 e. The number of nitrogens with two attached hydrogens (primary N) is 1. The van der Waals surface area contributed by atoms with E-state index in [1.54, 1.807) is 20.0 Å². The highest BCUT2D eigenvalue weighted by atomic mass is 16.2. The zero-order valence-electron chi connectivity index (χ0n) is 16.3. The molecule has 3 aromatic carbocycles. The lowest BCUT2D eigenvalue weighted by Gasteiger charge is -2.26. The summed E-state index contributed by atoms with van der Waals surface area (Å²) in [6.45, 7) is 1.55. The third-order valence-electron chi connectivity index (χ3n) is 5.31. The van der Waals surface area contributed by atoms with Crippen molar-refractivity contribution in [2.24, 2.45) is 10.7 Å². The Balaban J connectivity index is 1.91. The molecule has 0 radical (unpaired) electrons. The molecule has 5 heteroatoms. The van der Waals surface area contributed by atoms with Gasteiger partial charge in [-0.1, -0.05) is 66.7 Å². The number of benzene rings is 3. The predicted octanol–water partition coefficient (Wildman–Crippen LogP) is 3.59. The van der Waals surface area contributed by atoms with Crippen LogP contribution in [0.5, 0.6) is 0 Å². The van der Waals surface area contributed by atoms with Gasteiger partial charge in [-0.25, -0.2) is 4.99 Å². The highest BCUT2D eigenvalue weighted by molar-refractivity contribution is 6.09. The van der Waals surface area contributed by atoms with Crippen LogP contribution in [0.3, 0.4) is 0 Å². The molecule has 1 amide bonds. The molecule has 0 saturated carbocycles. The van der Waals surface area contributed by atoms with Crippen LogP contribution in [0.4, 0.5) is 0 Å². The van der Waals surface area contributed by atoms with E-state index in [0.29, 0.717) is 5.56 Å². The third kappa shape index (κ3) is 3.01. The van der Waals surface area contributed by atoms with E-state index < -0.39 is 5.54 Å². The highest BCUT2D eigenvalue weighted by Gasteiger charge is 2.49. The lowest BCUT2D eigenvalue weighted by atomic mass is 9.81. The number of ketones is 1. The Bertz CT molecular complexity index is 1140. The first-order valence-corrected chi connectivity index (χ1v) is 9.34. The molecular weight excluding hydrogens is 362 g/mol. The lowest BCUT2D eigenvalue weighted by molar-refractivity contribution is -0.129. The van der Waals surface area contributed by atoms with Gasteiger partial charge < -0.3 is 5.73 Å². The van der Waals surface area contributed by atoms with Crippen LogP contribution in [0.15, 0.2) is 83.9 Å². The van der Waals surface area contributed by atoms with Gasteiger partial charge in [-0.05, 0) is 41.3 Å². The van der Waals surface area contributed by atoms with Gasteiger partial charge in [0.05, 0.1) is 0 Å². The van der Waals surface area contributed by atoms with Crippen molar-refractivity contribution in [2.75, 3.05) is 7.05 Å². The second-order valence-corrected chi connectivity index (χ2v) is 7.13. The summed E-state index contributed by atoms with van der Waals surface area (Å²) >= 11 is 0. The zero-order valence-corrected chi connectivity index (χ0v) is 16.3. The molecule has 1 atom stereocenters. The first-order valence-electron chi connectivity index (χ1n) is 9.34. The Hall–Kier alpha value is -3.73. The Morgan fingerprint density at radius 1 is 0.897 bits per heavy atom. The molecule has 1 unspecified atom stereocenters. The number of carbonyl (C=O) groups excluding carboxylic acids is 2. The largest absolute Gasteiger partial charge is 0.369 e. The van der Waals surface area contributed by atoms with Gasteiger partial charge in [-0.3, -0.25) is 14.5 Å². The number of amides is 1. The zero-order chi connectivity index (χ0) is 20.6. The van der Waals surface area contributed by atoms with Crippen LogP contribution in [0.25, 0.3) is 11.1 Å². The molecule has 1 aliphatic rings. The van der Waals surface area contributed by atoms with Gasteiger partial charge >= 0.3 is 0 Å². The molecule has 0 spiro atoms. The number of guanidine groups is 1. The van der Waals surface area contributed by atoms with E-state index in [9.17, 15) is 9.59 Å². The fourth-order valence-electron chi connectivity index (χ4n) is 3.71. The van der Waals surface area contributed by atoms with Gasteiger partial charge in [-0.2, -0.15) is 0 Å². The van der Waals surface area contributed by atoms with Gasteiger partial charge in [0.2, 0.25) is 0 Å². The minimum atomic E-state index is -1.23. The van der Waals surface area contributed by atoms with Crippen molar-refractivity contribution < 1.29 is 9.59 Å². The summed E-state index contributed by atoms with van der Waals surface area (Å²) in [6, 6.07) is 24.6. The second-order valence-electron chi connectivity index (χ2n) is 7.13. The average molecular weight is 383 g/mol. The molecule has 0 bridgehead atoms. The molecule has 0 saturated heterocycles. The van der Waals surface area contributed by atoms with Crippen LogP contribution in [0, 0.1) is 0 Å². The third-order valence-corrected chi connectivity index (χ3v) is 5.31. The summed E-state index contributed by atoms with van der Waals surface area (Å²) in [5.41, 5.74) is 8.74. The second kappa shape index (κ2) is 7.02. The van der Waals surface area contributed by atoms with Crippen molar-refractivity contribution >= 4 is 17.6 Å². The number of hydrogen-bond donors (Lipinski definition) is 1. The van der Waals surface area contributed by atoms with Crippen molar-refractivity contribution in [2.45, 2.75) is 12.5 Å². The summed E-state index contributed by atoms with van der Waals surface area (Å²) in [5, 5.41) is 0. The maximum Gasteiger partial charge on any atom is 0.266 e. The number of nitrogens with zero attached hydrogens (tertiary/aromatic N) is 2. The van der Waals surface area contributed by atoms with E-state index in [2.05, 4.69) is 4.99 Å². The van der Waals surface area contributed by atoms with Gasteiger partial charge in [0.1, 0.15) is 0 Å². The number of aliphatic imine (C=N–C) groups is 1. The van der Waals surface area contributed by atoms with E-state index in [4.69, 9.17) is 5.73 Å². The van der Waals surface area contributed by atoms with Crippen molar-refractivity contribution in [3.63, 3.8) is 0 Å². The molecule has 144 valence electrons. The molecule has 0 aromatic heterocycles. The lowest BCUT2D eigenvalue weighted by Crippen LogP contribution is -2.41. The normalized spacial score (nSPS) is 18.6. The van der Waals surface area contributed by atoms with Gasteiger partial charge in [0.25, 0.3) is 5.91 Å². The van der Waals surface area contributed by atoms with E-state index in [1.165, 1.54) is 4.90 Å². The van der Waals surface area contributed by atoms with Gasteiger partial charge in [0.15, 0.2) is 17.3 Å². The van der Waals surface area contributed by atoms with Crippen LogP contribution in [0.2, 0.25) is 0 Å². The van der Waals surface area contributed by atoms with Crippen molar-refractivity contribution in [3.05, 3.63) is 95.6 Å². The minimum absolute atomic E-state index is 0.00808. The fraction of sp³-hybridized carbons (Fsp3) is 0.125. The fourth-order valence-corrected chi connectivity index (χ4v) is 3.71. The molecule has 1 aliphatic heterocycles. The van der Waals surface area contributed by atoms with Crippen LogP contribution >= 0.6 is 0 Å². The summed E-state index contributed by atoms with van der Waals surface area (Å²) in [6.07, 6.45) is 0. The Morgan fingerprint density at radius 2 is 1.52 bits per heavy atom. The monoisotopic (exact) mass is 383 g/mol. The van der Waals surface area contributed by atoms with Crippen LogP contribution in [-0.2, 0) is 10.3 Å². The summed E-state index contributed by atoms with van der Waals surface area (Å²) in [5.74, 6) is -0.00704. The van der Waals surface area contributed by atoms with Crippen LogP contribution < -0.4 is 5.73 Å². The molecule has 1 heterocycles. The van der Waals surface area contributed by atoms with E-state index in [-0.39, 0.29) is 17.6 Å². The van der Waals surface area contributed by atoms with Crippen LogP contribution in [0.1, 0.15) is 28.4 Å². The summed E-state index contributed by atoms with van der Waals surface area (Å²) in [4.78, 5) is 31.1. The molecule has 29 heavy (non-hydrogen) atoms. The molecule has 3 aromatic rings. The van der Waals surface area contributed by atoms with E-state index >= 15 is 0 Å². The topological polar surface area (TPSA) is 75.8 Å². The summed E-state index contributed by atoms with van der Waals surface area (Å²) < 4.78 is 0. The number of carbonyl (C=O) groups is 2. The van der Waals surface area contributed by atoms with E-state index in [0.717, 1.165) is 22.3 Å². The van der Waals surface area contributed by atoms with Crippen molar-refractivity contribution in [1.82, 2.24) is 4.90 Å². The Morgan fingerprint density at radius 3 is 2.14 bits per heavy atom. The Labute approximate surface area is 169 Å². The molecule has 5 nitrogen and oxygen atoms in total. The molecular formula is C24H21N3O2. The maximum atomic E-state index is 13.3. The number of rotatable bonds is 4. The SMILES string of the molecule is CC(=O)c1cccc(-c2cccc(C3(c4ccccc4)N=C(N)N(C)C3=O)c2)c1. The molecule has 0 aliphatic carbocycles. The maximum absolute atomic E-state index is 13.3. The van der Waals surface area contributed by atoms with Gasteiger partial charge in [0, 0.05) is 12.6 Å².